The van der Waals surface area contributed by atoms with Crippen LogP contribution in [0.3, 0.4) is 0 Å². The van der Waals surface area contributed by atoms with Gasteiger partial charge in [-0.2, -0.15) is 0 Å². The first-order chi connectivity index (χ1) is 8.54. The minimum absolute atomic E-state index is 0.0519. The van der Waals surface area contributed by atoms with Crippen molar-refractivity contribution in [2.45, 2.75) is 13.3 Å². The SMILES string of the molecule is CNC(=O)c1cccc(N2CC(=O)CC2=O)c1C. The molecule has 0 unspecified atom stereocenters. The summed E-state index contributed by atoms with van der Waals surface area (Å²) in [5.41, 5.74) is 1.86. The lowest BCUT2D eigenvalue weighted by atomic mass is 10.1. The number of rotatable bonds is 2. The summed E-state index contributed by atoms with van der Waals surface area (Å²) < 4.78 is 0. The summed E-state index contributed by atoms with van der Waals surface area (Å²) in [6, 6.07) is 5.15. The van der Waals surface area contributed by atoms with E-state index in [1.54, 1.807) is 32.2 Å². The Labute approximate surface area is 105 Å². The van der Waals surface area contributed by atoms with E-state index in [9.17, 15) is 14.4 Å². The van der Waals surface area contributed by atoms with Crippen LogP contribution in [0.25, 0.3) is 0 Å². The van der Waals surface area contributed by atoms with Gasteiger partial charge in [0.1, 0.15) is 0 Å². The van der Waals surface area contributed by atoms with Gasteiger partial charge in [-0.25, -0.2) is 0 Å². The Balaban J connectivity index is 2.43. The van der Waals surface area contributed by atoms with Crippen LogP contribution in [0.2, 0.25) is 0 Å². The van der Waals surface area contributed by atoms with Gasteiger partial charge in [-0.3, -0.25) is 14.4 Å². The summed E-state index contributed by atoms with van der Waals surface area (Å²) in [7, 11) is 1.55. The first-order valence-corrected chi connectivity index (χ1v) is 5.68. The molecule has 2 amide bonds. The zero-order chi connectivity index (χ0) is 13.3. The van der Waals surface area contributed by atoms with E-state index in [1.807, 2.05) is 0 Å². The quantitative estimate of drug-likeness (QED) is 0.779. The fourth-order valence-corrected chi connectivity index (χ4v) is 2.10. The van der Waals surface area contributed by atoms with E-state index in [2.05, 4.69) is 5.32 Å². The number of hydrogen-bond donors (Lipinski definition) is 1. The van der Waals surface area contributed by atoms with Crippen LogP contribution in [-0.2, 0) is 9.59 Å². The fourth-order valence-electron chi connectivity index (χ4n) is 2.10. The normalized spacial score (nSPS) is 15.1. The topological polar surface area (TPSA) is 66.5 Å². The van der Waals surface area contributed by atoms with Crippen molar-refractivity contribution in [3.05, 3.63) is 29.3 Å². The summed E-state index contributed by atoms with van der Waals surface area (Å²) in [6.07, 6.45) is -0.0519. The molecule has 1 aromatic rings. The van der Waals surface area contributed by atoms with Crippen LogP contribution < -0.4 is 10.2 Å². The molecule has 1 aliphatic heterocycles. The number of ketones is 1. The molecule has 0 aliphatic carbocycles. The highest BCUT2D eigenvalue weighted by atomic mass is 16.2. The van der Waals surface area contributed by atoms with E-state index in [0.29, 0.717) is 16.8 Å². The molecular weight excluding hydrogens is 232 g/mol. The molecule has 0 atom stereocenters. The molecule has 1 N–H and O–H groups in total. The zero-order valence-corrected chi connectivity index (χ0v) is 10.3. The lowest BCUT2D eigenvalue weighted by molar-refractivity contribution is -0.121. The molecule has 18 heavy (non-hydrogen) atoms. The summed E-state index contributed by atoms with van der Waals surface area (Å²) in [5.74, 6) is -0.505. The Hall–Kier alpha value is -2.17. The zero-order valence-electron chi connectivity index (χ0n) is 10.3. The van der Waals surface area contributed by atoms with Crippen LogP contribution in [0.4, 0.5) is 5.69 Å². The first-order valence-electron chi connectivity index (χ1n) is 5.68. The van der Waals surface area contributed by atoms with Crippen molar-refractivity contribution < 1.29 is 14.4 Å². The monoisotopic (exact) mass is 246 g/mol. The lowest BCUT2D eigenvalue weighted by Gasteiger charge is -2.19. The second-order valence-electron chi connectivity index (χ2n) is 4.22. The lowest BCUT2D eigenvalue weighted by Crippen LogP contribution is -2.27. The summed E-state index contributed by atoms with van der Waals surface area (Å²) >= 11 is 0. The predicted molar refractivity (Wildman–Crippen MR) is 66.5 cm³/mol. The van der Waals surface area contributed by atoms with Gasteiger partial charge >= 0.3 is 0 Å². The molecular formula is C13H14N2O3. The van der Waals surface area contributed by atoms with E-state index in [-0.39, 0.29) is 30.6 Å². The maximum Gasteiger partial charge on any atom is 0.251 e. The van der Waals surface area contributed by atoms with Gasteiger partial charge in [0.25, 0.3) is 5.91 Å². The van der Waals surface area contributed by atoms with Gasteiger partial charge < -0.3 is 10.2 Å². The largest absolute Gasteiger partial charge is 0.355 e. The Morgan fingerprint density at radius 3 is 2.61 bits per heavy atom. The van der Waals surface area contributed by atoms with Crippen LogP contribution in [0.15, 0.2) is 18.2 Å². The van der Waals surface area contributed by atoms with Gasteiger partial charge in [0.15, 0.2) is 5.78 Å². The van der Waals surface area contributed by atoms with E-state index in [1.165, 1.54) is 4.90 Å². The van der Waals surface area contributed by atoms with Crippen LogP contribution in [-0.4, -0.2) is 31.2 Å². The molecule has 5 nitrogen and oxygen atoms in total. The molecule has 1 aliphatic rings. The summed E-state index contributed by atoms with van der Waals surface area (Å²) in [4.78, 5) is 36.1. The molecule has 1 saturated heterocycles. The molecule has 94 valence electrons. The number of hydrogen-bond acceptors (Lipinski definition) is 3. The average Bonchev–Trinajstić information content (AvgIpc) is 2.68. The van der Waals surface area contributed by atoms with Gasteiger partial charge in [0.05, 0.1) is 13.0 Å². The molecule has 0 spiro atoms. The number of benzene rings is 1. The van der Waals surface area contributed by atoms with Crippen molar-refractivity contribution in [1.82, 2.24) is 5.32 Å². The van der Waals surface area contributed by atoms with Gasteiger partial charge in [-0.05, 0) is 24.6 Å². The maximum atomic E-state index is 11.7. The van der Waals surface area contributed by atoms with Crippen molar-refractivity contribution in [2.75, 3.05) is 18.5 Å². The number of carbonyl (C=O) groups excluding carboxylic acids is 3. The molecule has 0 aromatic heterocycles. The highest BCUT2D eigenvalue weighted by Crippen LogP contribution is 2.26. The van der Waals surface area contributed by atoms with Crippen LogP contribution in [0, 0.1) is 6.92 Å². The van der Waals surface area contributed by atoms with Gasteiger partial charge in [0.2, 0.25) is 5.91 Å². The van der Waals surface area contributed by atoms with Crippen molar-refractivity contribution in [1.29, 1.82) is 0 Å². The fraction of sp³-hybridized carbons (Fsp3) is 0.308. The number of nitrogens with zero attached hydrogens (tertiary/aromatic N) is 1. The number of Topliss-reactive ketones (excluding diaryl/α,β-unsaturated/α-hetero) is 1. The average molecular weight is 246 g/mol. The van der Waals surface area contributed by atoms with Crippen LogP contribution in [0.5, 0.6) is 0 Å². The van der Waals surface area contributed by atoms with E-state index in [0.717, 1.165) is 0 Å². The first kappa shape index (κ1) is 12.3. The molecule has 1 heterocycles. The maximum absolute atomic E-state index is 11.7. The minimum Gasteiger partial charge on any atom is -0.355 e. The number of anilines is 1. The molecule has 0 radical (unpaired) electrons. The van der Waals surface area contributed by atoms with Crippen LogP contribution >= 0.6 is 0 Å². The Morgan fingerprint density at radius 2 is 2.06 bits per heavy atom. The number of amides is 2. The molecule has 0 saturated carbocycles. The molecule has 1 aromatic carbocycles. The smallest absolute Gasteiger partial charge is 0.251 e. The highest BCUT2D eigenvalue weighted by Gasteiger charge is 2.30. The predicted octanol–water partition coefficient (Wildman–Crippen LogP) is 0.660. The van der Waals surface area contributed by atoms with Crippen LogP contribution in [0.1, 0.15) is 22.3 Å². The highest BCUT2D eigenvalue weighted by molar-refractivity contribution is 6.15. The summed E-state index contributed by atoms with van der Waals surface area (Å²) in [5, 5.41) is 2.55. The third-order valence-electron chi connectivity index (χ3n) is 3.05. The van der Waals surface area contributed by atoms with Crippen molar-refractivity contribution in [3.63, 3.8) is 0 Å². The Morgan fingerprint density at radius 1 is 1.33 bits per heavy atom. The molecule has 0 bridgehead atoms. The third-order valence-corrected chi connectivity index (χ3v) is 3.05. The molecule has 5 heteroatoms. The van der Waals surface area contributed by atoms with E-state index >= 15 is 0 Å². The second kappa shape index (κ2) is 4.60. The number of nitrogens with one attached hydrogen (secondary N) is 1. The molecule has 1 fully saturated rings. The third kappa shape index (κ3) is 1.99. The molecule has 2 rings (SSSR count). The standard InChI is InChI=1S/C13H14N2O3/c1-8-10(13(18)14-2)4-3-5-11(8)15-7-9(16)6-12(15)17/h3-5H,6-7H2,1-2H3,(H,14,18). The van der Waals surface area contributed by atoms with E-state index in [4.69, 9.17) is 0 Å². The van der Waals surface area contributed by atoms with Gasteiger partial charge in [-0.1, -0.05) is 6.07 Å². The van der Waals surface area contributed by atoms with Crippen molar-refractivity contribution in [3.8, 4) is 0 Å². The van der Waals surface area contributed by atoms with Gasteiger partial charge in [-0.15, -0.1) is 0 Å². The number of carbonyl (C=O) groups is 3. The second-order valence-corrected chi connectivity index (χ2v) is 4.22. The Kier molecular flexibility index (Phi) is 3.14. The minimum atomic E-state index is -0.211. The van der Waals surface area contributed by atoms with E-state index < -0.39 is 0 Å². The summed E-state index contributed by atoms with van der Waals surface area (Å²) in [6.45, 7) is 1.87. The van der Waals surface area contributed by atoms with Crippen molar-refractivity contribution >= 4 is 23.3 Å². The van der Waals surface area contributed by atoms with Crippen molar-refractivity contribution in [2.24, 2.45) is 0 Å². The Bertz CT molecular complexity index is 537. The van der Waals surface area contributed by atoms with Gasteiger partial charge in [0, 0.05) is 18.3 Å².